The van der Waals surface area contributed by atoms with Gasteiger partial charge in [-0.2, -0.15) is 9.97 Å². The Morgan fingerprint density at radius 3 is 2.83 bits per heavy atom. The number of piperazine rings is 1. The number of hydrogen-bond acceptors (Lipinski definition) is 8. The maximum Gasteiger partial charge on any atom is 0.319 e. The number of amides is 1. The minimum Gasteiger partial charge on any atom is -0.462 e. The predicted octanol–water partition coefficient (Wildman–Crippen LogP) is 4.78. The largest absolute Gasteiger partial charge is 0.462 e. The maximum absolute atomic E-state index is 16.4. The van der Waals surface area contributed by atoms with Crippen LogP contribution in [-0.2, 0) is 4.79 Å². The molecule has 0 unspecified atom stereocenters. The summed E-state index contributed by atoms with van der Waals surface area (Å²) in [6.07, 6.45) is 4.84. The van der Waals surface area contributed by atoms with Gasteiger partial charge in [-0.15, -0.1) is 11.3 Å². The molecule has 6 rings (SSSR count). The summed E-state index contributed by atoms with van der Waals surface area (Å²) in [6.45, 7) is 13.5. The summed E-state index contributed by atoms with van der Waals surface area (Å²) in [5.41, 5.74) is 0.582. The van der Waals surface area contributed by atoms with Crippen molar-refractivity contribution in [1.29, 1.82) is 0 Å². The fourth-order valence-electron chi connectivity index (χ4n) is 5.81. The average Bonchev–Trinajstić information content (AvgIpc) is 3.66. The molecule has 216 valence electrons. The zero-order valence-corrected chi connectivity index (χ0v) is 23.9. The number of fused-ring (bicyclic) bond motifs is 2. The molecule has 1 aromatic carbocycles. The van der Waals surface area contributed by atoms with Crippen LogP contribution in [-0.4, -0.2) is 89.1 Å². The number of aromatic nitrogens is 3. The smallest absolute Gasteiger partial charge is 0.319 e. The van der Waals surface area contributed by atoms with Gasteiger partial charge in [-0.25, -0.2) is 15.4 Å². The van der Waals surface area contributed by atoms with Gasteiger partial charge in [0.1, 0.15) is 35.5 Å². The number of anilines is 1. The normalized spacial score (nSPS) is 19.4. The molecule has 0 saturated carbocycles. The topological polar surface area (TPSA) is 79.1 Å². The first-order valence-electron chi connectivity index (χ1n) is 13.8. The number of nitrogens with zero attached hydrogens (tertiary/aromatic N) is 7. The molecule has 0 radical (unpaired) electrons. The second-order valence-corrected chi connectivity index (χ2v) is 11.5. The highest BCUT2D eigenvalue weighted by Gasteiger charge is 2.34. The van der Waals surface area contributed by atoms with Gasteiger partial charge in [-0.1, -0.05) is 6.58 Å². The summed E-state index contributed by atoms with van der Waals surface area (Å²) in [6, 6.07) is 4.36. The lowest BCUT2D eigenvalue weighted by Gasteiger charge is -2.39. The van der Waals surface area contributed by atoms with Crippen LogP contribution in [0.25, 0.3) is 37.1 Å². The monoisotopic (exact) mass is 589 g/mol. The van der Waals surface area contributed by atoms with Gasteiger partial charge in [0.15, 0.2) is 5.82 Å². The summed E-state index contributed by atoms with van der Waals surface area (Å²) in [5, 5.41) is 2.56. The Kier molecular flexibility index (Phi) is 7.70. The third-order valence-corrected chi connectivity index (χ3v) is 9.03. The van der Waals surface area contributed by atoms with Crippen molar-refractivity contribution in [2.75, 3.05) is 51.3 Å². The molecular weight excluding hydrogens is 560 g/mol. The standard InChI is InChI=1S/C30H29F2N7O2S/c1-4-24(40)39-12-11-38(16-19(39)14-33-2)29-22-15-34-26(21-7-8-23(31)20-9-13-42-28(20)21)25(32)27(22)35-30(36-29)41-17-18-6-5-10-37(18)3/h4,7-9,13,15,18-19H,1,5-6,10-12,14,16-17H2,3H3/t18-,19-/m0/s1. The molecule has 12 heteroatoms. The first-order chi connectivity index (χ1) is 20.4. The Balaban J connectivity index is 1.44. The van der Waals surface area contributed by atoms with Gasteiger partial charge in [0.05, 0.1) is 5.39 Å². The van der Waals surface area contributed by atoms with Crippen LogP contribution in [0, 0.1) is 18.2 Å². The molecule has 2 saturated heterocycles. The van der Waals surface area contributed by atoms with Crippen molar-refractivity contribution >= 4 is 44.1 Å². The van der Waals surface area contributed by atoms with E-state index < -0.39 is 11.9 Å². The molecule has 2 aliphatic rings. The molecule has 2 atom stereocenters. The van der Waals surface area contributed by atoms with Gasteiger partial charge in [-0.05, 0) is 56.1 Å². The minimum atomic E-state index is -0.654. The van der Waals surface area contributed by atoms with Crippen molar-refractivity contribution in [3.63, 3.8) is 0 Å². The van der Waals surface area contributed by atoms with E-state index in [-0.39, 0.29) is 41.5 Å². The molecule has 2 fully saturated rings. The third kappa shape index (κ3) is 5.03. The third-order valence-electron chi connectivity index (χ3n) is 8.08. The molecule has 0 N–H and O–H groups in total. The molecule has 0 spiro atoms. The van der Waals surface area contributed by atoms with E-state index >= 15 is 4.39 Å². The van der Waals surface area contributed by atoms with Crippen molar-refractivity contribution in [2.45, 2.75) is 24.9 Å². The molecule has 1 amide bonds. The average molecular weight is 590 g/mol. The Labute approximate surface area is 245 Å². The van der Waals surface area contributed by atoms with Crippen LogP contribution in [0.2, 0.25) is 0 Å². The van der Waals surface area contributed by atoms with Gasteiger partial charge in [0, 0.05) is 47.5 Å². The van der Waals surface area contributed by atoms with E-state index in [1.165, 1.54) is 35.7 Å². The zero-order valence-electron chi connectivity index (χ0n) is 23.1. The van der Waals surface area contributed by atoms with E-state index in [4.69, 9.17) is 16.3 Å². The minimum absolute atomic E-state index is 0.0418. The second-order valence-electron chi connectivity index (χ2n) is 10.5. The van der Waals surface area contributed by atoms with Gasteiger partial charge >= 0.3 is 6.01 Å². The molecule has 42 heavy (non-hydrogen) atoms. The van der Waals surface area contributed by atoms with Crippen molar-refractivity contribution in [1.82, 2.24) is 24.8 Å². The number of likely N-dealkylation sites (N-methyl/N-ethyl adjacent to an activating group) is 1. The van der Waals surface area contributed by atoms with E-state index in [0.29, 0.717) is 53.1 Å². The fraction of sp³-hybridized carbons (Fsp3) is 0.367. The molecule has 9 nitrogen and oxygen atoms in total. The Hall–Kier alpha value is -4.21. The van der Waals surface area contributed by atoms with Crippen LogP contribution in [0.1, 0.15) is 12.8 Å². The second kappa shape index (κ2) is 11.6. The Morgan fingerprint density at radius 2 is 2.07 bits per heavy atom. The van der Waals surface area contributed by atoms with Crippen LogP contribution in [0.15, 0.2) is 42.4 Å². The number of carbonyl (C=O) groups excluding carboxylic acids is 1. The summed E-state index contributed by atoms with van der Waals surface area (Å²) >= 11 is 1.32. The number of ether oxygens (including phenoxy) is 1. The number of carbonyl (C=O) groups is 1. The van der Waals surface area contributed by atoms with Gasteiger partial charge in [0.25, 0.3) is 0 Å². The summed E-state index contributed by atoms with van der Waals surface area (Å²) in [7, 11) is 2.04. The number of pyridine rings is 1. The van der Waals surface area contributed by atoms with E-state index in [1.54, 1.807) is 16.3 Å². The number of benzene rings is 1. The lowest BCUT2D eigenvalue weighted by Crippen LogP contribution is -2.56. The highest BCUT2D eigenvalue weighted by atomic mass is 32.1. The summed E-state index contributed by atoms with van der Waals surface area (Å²) < 4.78 is 37.5. The fourth-order valence-corrected chi connectivity index (χ4v) is 6.73. The molecule has 0 bridgehead atoms. The zero-order chi connectivity index (χ0) is 29.4. The Morgan fingerprint density at radius 1 is 1.21 bits per heavy atom. The highest BCUT2D eigenvalue weighted by Crippen LogP contribution is 2.38. The van der Waals surface area contributed by atoms with Crippen molar-refractivity contribution in [3.8, 4) is 17.3 Å². The van der Waals surface area contributed by atoms with E-state index in [1.807, 2.05) is 11.9 Å². The molecular formula is C30H29F2N7O2S. The van der Waals surface area contributed by atoms with Crippen molar-refractivity contribution in [3.05, 3.63) is 65.5 Å². The van der Waals surface area contributed by atoms with Gasteiger partial charge in [0.2, 0.25) is 12.5 Å². The van der Waals surface area contributed by atoms with Crippen LogP contribution >= 0.6 is 11.3 Å². The lowest BCUT2D eigenvalue weighted by atomic mass is 10.1. The summed E-state index contributed by atoms with van der Waals surface area (Å²) in [4.78, 5) is 35.5. The molecule has 3 aromatic heterocycles. The van der Waals surface area contributed by atoms with Crippen LogP contribution < -0.4 is 9.64 Å². The number of thiophene rings is 1. The summed E-state index contributed by atoms with van der Waals surface area (Å²) in [5.74, 6) is -0.847. The first-order valence-corrected chi connectivity index (χ1v) is 14.6. The molecule has 5 heterocycles. The van der Waals surface area contributed by atoms with E-state index in [2.05, 4.69) is 26.3 Å². The van der Waals surface area contributed by atoms with Crippen LogP contribution in [0.5, 0.6) is 6.01 Å². The Bertz CT molecular complexity index is 1720. The number of rotatable bonds is 7. The van der Waals surface area contributed by atoms with Gasteiger partial charge in [-0.3, -0.25) is 9.78 Å². The number of likely N-dealkylation sites (tertiary alicyclic amines) is 1. The molecule has 4 aromatic rings. The number of halogens is 2. The first kappa shape index (κ1) is 27.9. The maximum atomic E-state index is 16.4. The number of hydrogen-bond donors (Lipinski definition) is 0. The molecule has 0 aliphatic carbocycles. The predicted molar refractivity (Wildman–Crippen MR) is 159 cm³/mol. The van der Waals surface area contributed by atoms with Gasteiger partial charge < -0.3 is 24.3 Å². The molecule has 2 aliphatic heterocycles. The SMILES string of the molecule is [C-]#[N+]C[C@H]1CN(c2nc(OC[C@@H]3CCCN3C)nc3c(F)c(-c4ccc(F)c5ccsc45)ncc23)CCN1C(=O)C=C. The van der Waals surface area contributed by atoms with Crippen molar-refractivity contribution in [2.24, 2.45) is 0 Å². The highest BCUT2D eigenvalue weighted by molar-refractivity contribution is 7.17. The lowest BCUT2D eigenvalue weighted by molar-refractivity contribution is -0.128. The van der Waals surface area contributed by atoms with Crippen LogP contribution in [0.4, 0.5) is 14.6 Å². The quantitative estimate of drug-likeness (QED) is 0.227. The van der Waals surface area contributed by atoms with Crippen LogP contribution in [0.3, 0.4) is 0 Å². The van der Waals surface area contributed by atoms with E-state index in [9.17, 15) is 9.18 Å². The van der Waals surface area contributed by atoms with Crippen molar-refractivity contribution < 1.29 is 18.3 Å². The van der Waals surface area contributed by atoms with E-state index in [0.717, 1.165) is 19.4 Å².